The summed E-state index contributed by atoms with van der Waals surface area (Å²) in [5.41, 5.74) is -0.303. The third kappa shape index (κ3) is 5.10. The first kappa shape index (κ1) is 24.5. The minimum absolute atomic E-state index is 0.179. The van der Waals surface area contributed by atoms with Crippen molar-refractivity contribution < 1.29 is 26.4 Å². The fourth-order valence-electron chi connectivity index (χ4n) is 2.80. The Balaban J connectivity index is 2.23. The van der Waals surface area contributed by atoms with E-state index in [0.29, 0.717) is 22.5 Å². The summed E-state index contributed by atoms with van der Waals surface area (Å²) in [6.45, 7) is 2.54. The number of hydrogen-bond acceptors (Lipinski definition) is 3. The summed E-state index contributed by atoms with van der Waals surface area (Å²) < 4.78 is 62.9. The Bertz CT molecular complexity index is 1050. The number of benzene rings is 2. The molecule has 0 aliphatic carbocycles. The average molecular weight is 482 g/mol. The summed E-state index contributed by atoms with van der Waals surface area (Å²) in [5.74, 6) is -0.736. The van der Waals surface area contributed by atoms with E-state index in [4.69, 9.17) is 23.2 Å². The van der Waals surface area contributed by atoms with Crippen molar-refractivity contribution in [2.45, 2.75) is 36.1 Å². The van der Waals surface area contributed by atoms with E-state index >= 15 is 0 Å². The third-order valence-corrected chi connectivity index (χ3v) is 7.86. The molecule has 0 spiro atoms. The van der Waals surface area contributed by atoms with Crippen molar-refractivity contribution in [2.75, 3.05) is 13.6 Å². The smallest absolute Gasteiger partial charge is 0.344 e. The van der Waals surface area contributed by atoms with Crippen molar-refractivity contribution in [3.63, 3.8) is 0 Å². The second-order valence-electron chi connectivity index (χ2n) is 7.26. The van der Waals surface area contributed by atoms with E-state index < -0.39 is 37.1 Å². The summed E-state index contributed by atoms with van der Waals surface area (Å²) in [5, 5.41) is 0.744. The Morgan fingerprint density at radius 3 is 2.23 bits per heavy atom. The Morgan fingerprint density at radius 2 is 1.67 bits per heavy atom. The molecule has 0 aliphatic heterocycles. The predicted octanol–water partition coefficient (Wildman–Crippen LogP) is 5.27. The van der Waals surface area contributed by atoms with Crippen molar-refractivity contribution in [3.8, 4) is 0 Å². The lowest BCUT2D eigenvalue weighted by Gasteiger charge is -2.29. The van der Waals surface area contributed by atoms with Gasteiger partial charge in [-0.3, -0.25) is 4.79 Å². The number of amides is 1. The quantitative estimate of drug-likeness (QED) is 0.564. The van der Waals surface area contributed by atoms with E-state index in [-0.39, 0.29) is 6.54 Å². The van der Waals surface area contributed by atoms with E-state index in [9.17, 15) is 26.4 Å². The number of likely N-dealkylation sites (N-methyl/N-ethyl adjacent to an activating group) is 1. The standard InChI is InChI=1S/C20H20Cl2F3NO3S/c1-19(2,30(28,29)15-6-4-5-14(12-15)20(23,24)25)18(27)26(3)10-9-13-7-8-16(21)17(22)11-13/h4-8,11-12H,9-10H2,1-3H3. The van der Waals surface area contributed by atoms with Gasteiger partial charge in [-0.25, -0.2) is 8.42 Å². The molecule has 0 heterocycles. The summed E-state index contributed by atoms with van der Waals surface area (Å²) >= 11 is 11.8. The highest BCUT2D eigenvalue weighted by atomic mass is 35.5. The van der Waals surface area contributed by atoms with Crippen LogP contribution in [0.15, 0.2) is 47.4 Å². The first-order valence-corrected chi connectivity index (χ1v) is 11.0. The van der Waals surface area contributed by atoms with Gasteiger partial charge in [0.2, 0.25) is 5.91 Å². The molecule has 0 saturated heterocycles. The molecule has 2 aromatic carbocycles. The molecule has 4 nitrogen and oxygen atoms in total. The van der Waals surface area contributed by atoms with Gasteiger partial charge in [0.15, 0.2) is 9.84 Å². The lowest BCUT2D eigenvalue weighted by molar-refractivity contribution is -0.137. The van der Waals surface area contributed by atoms with Crippen LogP contribution in [0.1, 0.15) is 25.0 Å². The molecule has 0 N–H and O–H groups in total. The van der Waals surface area contributed by atoms with Crippen molar-refractivity contribution in [2.24, 2.45) is 0 Å². The number of halogens is 5. The van der Waals surface area contributed by atoms with Crippen molar-refractivity contribution >= 4 is 38.9 Å². The van der Waals surface area contributed by atoms with Gasteiger partial charge in [-0.15, -0.1) is 0 Å². The minimum Gasteiger partial charge on any atom is -0.344 e. The van der Waals surface area contributed by atoms with Crippen molar-refractivity contribution in [1.82, 2.24) is 4.90 Å². The largest absolute Gasteiger partial charge is 0.416 e. The maximum absolute atomic E-state index is 13.0. The van der Waals surface area contributed by atoms with Gasteiger partial charge < -0.3 is 4.90 Å². The van der Waals surface area contributed by atoms with Crippen LogP contribution in [0.2, 0.25) is 10.0 Å². The van der Waals surface area contributed by atoms with E-state index in [1.165, 1.54) is 25.8 Å². The number of sulfone groups is 1. The maximum atomic E-state index is 13.0. The fourth-order valence-corrected chi connectivity index (χ4v) is 4.64. The van der Waals surface area contributed by atoms with Crippen LogP contribution in [0.5, 0.6) is 0 Å². The molecule has 10 heteroatoms. The number of carbonyl (C=O) groups is 1. The first-order chi connectivity index (χ1) is 13.7. The van der Waals surface area contributed by atoms with Gasteiger partial charge in [0.05, 0.1) is 20.5 Å². The van der Waals surface area contributed by atoms with E-state index in [2.05, 4.69) is 0 Å². The SMILES string of the molecule is CN(CCc1ccc(Cl)c(Cl)c1)C(=O)C(C)(C)S(=O)(=O)c1cccc(C(F)(F)F)c1. The molecule has 0 saturated carbocycles. The van der Waals surface area contributed by atoms with Crippen LogP contribution in [0.3, 0.4) is 0 Å². The summed E-state index contributed by atoms with van der Waals surface area (Å²) in [6, 6.07) is 8.36. The van der Waals surface area contributed by atoms with Crippen molar-refractivity contribution in [3.05, 3.63) is 63.6 Å². The molecule has 0 aromatic heterocycles. The Hall–Kier alpha value is -1.77. The van der Waals surface area contributed by atoms with Crippen LogP contribution < -0.4 is 0 Å². The van der Waals surface area contributed by atoms with Crippen LogP contribution in [-0.4, -0.2) is 37.6 Å². The topological polar surface area (TPSA) is 54.5 Å². The first-order valence-electron chi connectivity index (χ1n) is 8.79. The third-order valence-electron chi connectivity index (χ3n) is 4.73. The van der Waals surface area contributed by atoms with Gasteiger partial charge >= 0.3 is 6.18 Å². The predicted molar refractivity (Wildman–Crippen MR) is 111 cm³/mol. The van der Waals surface area contributed by atoms with E-state index in [1.807, 2.05) is 0 Å². The number of alkyl halides is 3. The number of rotatable bonds is 6. The molecule has 2 rings (SSSR count). The fraction of sp³-hybridized carbons (Fsp3) is 0.350. The zero-order valence-electron chi connectivity index (χ0n) is 16.4. The molecule has 164 valence electrons. The van der Waals surface area contributed by atoms with Crippen LogP contribution in [0.25, 0.3) is 0 Å². The van der Waals surface area contributed by atoms with Gasteiger partial charge in [-0.2, -0.15) is 13.2 Å². The Morgan fingerprint density at radius 1 is 1.03 bits per heavy atom. The number of carbonyl (C=O) groups excluding carboxylic acids is 1. The summed E-state index contributed by atoms with van der Waals surface area (Å²) in [7, 11) is -2.96. The number of hydrogen-bond donors (Lipinski definition) is 0. The highest BCUT2D eigenvalue weighted by molar-refractivity contribution is 7.93. The lowest BCUT2D eigenvalue weighted by Crippen LogP contribution is -2.49. The van der Waals surface area contributed by atoms with Crippen LogP contribution in [0.4, 0.5) is 13.2 Å². The molecule has 1 amide bonds. The van der Waals surface area contributed by atoms with Gasteiger partial charge in [-0.1, -0.05) is 35.3 Å². The molecule has 0 radical (unpaired) electrons. The highest BCUT2D eigenvalue weighted by Crippen LogP contribution is 2.33. The van der Waals surface area contributed by atoms with Gasteiger partial charge in [0.25, 0.3) is 0 Å². The minimum atomic E-state index is -4.70. The second-order valence-corrected chi connectivity index (χ2v) is 10.6. The Labute approximate surface area is 183 Å². The van der Waals surface area contributed by atoms with Gasteiger partial charge in [0, 0.05) is 13.6 Å². The summed E-state index contributed by atoms with van der Waals surface area (Å²) in [4.78, 5) is 13.6. The lowest BCUT2D eigenvalue weighted by atomic mass is 10.1. The second kappa shape index (κ2) is 8.77. The average Bonchev–Trinajstić information content (AvgIpc) is 2.67. The molecule has 0 aliphatic rings. The molecule has 30 heavy (non-hydrogen) atoms. The summed E-state index contributed by atoms with van der Waals surface area (Å²) in [6.07, 6.45) is -4.31. The maximum Gasteiger partial charge on any atom is 0.416 e. The highest BCUT2D eigenvalue weighted by Gasteiger charge is 2.45. The molecule has 0 fully saturated rings. The number of nitrogens with zero attached hydrogens (tertiary/aromatic N) is 1. The molecule has 0 unspecified atom stereocenters. The van der Waals surface area contributed by atoms with Crippen LogP contribution in [0, 0.1) is 0 Å². The monoisotopic (exact) mass is 481 g/mol. The van der Waals surface area contributed by atoms with Crippen molar-refractivity contribution in [1.29, 1.82) is 0 Å². The zero-order valence-corrected chi connectivity index (χ0v) is 18.8. The Kier molecular flexibility index (Phi) is 7.16. The normalized spacial score (nSPS) is 12.7. The molecule has 0 bridgehead atoms. The van der Waals surface area contributed by atoms with E-state index in [0.717, 1.165) is 23.8 Å². The molecular weight excluding hydrogens is 462 g/mol. The molecule has 2 aromatic rings. The molecular formula is C20H20Cl2F3NO3S. The van der Waals surface area contributed by atoms with Gasteiger partial charge in [0.1, 0.15) is 4.75 Å². The van der Waals surface area contributed by atoms with Crippen LogP contribution in [-0.2, 0) is 27.2 Å². The van der Waals surface area contributed by atoms with Gasteiger partial charge in [-0.05, 0) is 56.2 Å². The van der Waals surface area contributed by atoms with E-state index in [1.54, 1.807) is 18.2 Å². The molecule has 0 atom stereocenters. The van der Waals surface area contributed by atoms with Crippen LogP contribution >= 0.6 is 23.2 Å². The zero-order chi connectivity index (χ0) is 22.9.